The van der Waals surface area contributed by atoms with Crippen LogP contribution in [0.2, 0.25) is 0 Å². The number of carbonyl (C=O) groups excluding carboxylic acids is 1. The molecule has 0 heterocycles. The fraction of sp³-hybridized carbons (Fsp3) is 0.941. The van der Waals surface area contributed by atoms with Gasteiger partial charge in [-0.2, -0.15) is 0 Å². The van der Waals surface area contributed by atoms with Crippen LogP contribution in [0.3, 0.4) is 0 Å². The molecule has 2 rings (SSSR count). The quantitative estimate of drug-likeness (QED) is 0.769. The minimum Gasteiger partial charge on any atom is -0.459 e. The molecule has 4 heteroatoms. The number of carbonyl (C=O) groups is 1. The number of esters is 1. The second-order valence-electron chi connectivity index (χ2n) is 8.18. The Kier molecular flexibility index (Phi) is 4.18. The molecule has 0 unspecified atom stereocenters. The molecule has 122 valence electrons. The Morgan fingerprint density at radius 2 is 1.86 bits per heavy atom. The monoisotopic (exact) mass is 298 g/mol. The molecule has 2 N–H and O–H groups in total. The van der Waals surface area contributed by atoms with Gasteiger partial charge in [0.15, 0.2) is 0 Å². The van der Waals surface area contributed by atoms with Crippen molar-refractivity contribution in [2.24, 2.45) is 17.3 Å². The summed E-state index contributed by atoms with van der Waals surface area (Å²) in [5, 5.41) is 21.3. The predicted molar refractivity (Wildman–Crippen MR) is 80.6 cm³/mol. The van der Waals surface area contributed by atoms with Crippen molar-refractivity contribution in [2.45, 2.75) is 84.0 Å². The number of hydrogen-bond acceptors (Lipinski definition) is 4. The van der Waals surface area contributed by atoms with Crippen LogP contribution in [-0.2, 0) is 9.53 Å². The van der Waals surface area contributed by atoms with Crippen molar-refractivity contribution in [3.05, 3.63) is 0 Å². The maximum Gasteiger partial charge on any atom is 0.303 e. The molecule has 0 aromatic heterocycles. The Labute approximate surface area is 127 Å². The molecule has 2 aliphatic carbocycles. The van der Waals surface area contributed by atoms with Crippen LogP contribution >= 0.6 is 0 Å². The highest BCUT2D eigenvalue weighted by molar-refractivity contribution is 5.66. The fourth-order valence-corrected chi connectivity index (χ4v) is 5.05. The first-order chi connectivity index (χ1) is 9.50. The zero-order valence-electron chi connectivity index (χ0n) is 14.0. The maximum atomic E-state index is 11.5. The van der Waals surface area contributed by atoms with Gasteiger partial charge >= 0.3 is 5.97 Å². The topological polar surface area (TPSA) is 66.8 Å². The van der Waals surface area contributed by atoms with Gasteiger partial charge in [0.25, 0.3) is 0 Å². The van der Waals surface area contributed by atoms with Crippen LogP contribution < -0.4 is 0 Å². The smallest absolute Gasteiger partial charge is 0.303 e. The lowest BCUT2D eigenvalue weighted by atomic mass is 9.51. The van der Waals surface area contributed by atoms with E-state index in [1.54, 1.807) is 13.8 Å². The van der Waals surface area contributed by atoms with Gasteiger partial charge in [0.05, 0.1) is 11.7 Å². The van der Waals surface area contributed by atoms with Gasteiger partial charge < -0.3 is 14.9 Å². The lowest BCUT2D eigenvalue weighted by Crippen LogP contribution is -2.62. The second kappa shape index (κ2) is 5.24. The summed E-state index contributed by atoms with van der Waals surface area (Å²) >= 11 is 0. The molecule has 2 aliphatic rings. The van der Waals surface area contributed by atoms with E-state index in [9.17, 15) is 15.0 Å². The van der Waals surface area contributed by atoms with Crippen LogP contribution in [0, 0.1) is 17.3 Å². The minimum atomic E-state index is -0.921. The van der Waals surface area contributed by atoms with E-state index >= 15 is 0 Å². The average molecular weight is 298 g/mol. The number of fused-ring (bicyclic) bond motifs is 1. The molecule has 0 aromatic carbocycles. The van der Waals surface area contributed by atoms with Gasteiger partial charge in [0, 0.05) is 18.8 Å². The second-order valence-corrected chi connectivity index (χ2v) is 8.18. The molecular formula is C17H30O4. The molecule has 0 amide bonds. The van der Waals surface area contributed by atoms with E-state index in [2.05, 4.69) is 6.92 Å². The third kappa shape index (κ3) is 2.98. The van der Waals surface area contributed by atoms with Crippen molar-refractivity contribution in [3.63, 3.8) is 0 Å². The highest BCUT2D eigenvalue weighted by Crippen LogP contribution is 2.57. The molecule has 2 fully saturated rings. The van der Waals surface area contributed by atoms with Gasteiger partial charge in [-0.25, -0.2) is 0 Å². The summed E-state index contributed by atoms with van der Waals surface area (Å²) in [4.78, 5) is 11.5. The third-order valence-corrected chi connectivity index (χ3v) is 5.89. The Hall–Kier alpha value is -0.610. The van der Waals surface area contributed by atoms with E-state index in [-0.39, 0.29) is 23.2 Å². The van der Waals surface area contributed by atoms with Crippen molar-refractivity contribution in [3.8, 4) is 0 Å². The van der Waals surface area contributed by atoms with Gasteiger partial charge in [0.1, 0.15) is 5.60 Å². The van der Waals surface area contributed by atoms with Crippen molar-refractivity contribution >= 4 is 5.97 Å². The molecule has 5 atom stereocenters. The molecule has 0 spiro atoms. The molecule has 0 radical (unpaired) electrons. The summed E-state index contributed by atoms with van der Waals surface area (Å²) in [6.07, 6.45) is 3.96. The van der Waals surface area contributed by atoms with E-state index in [0.29, 0.717) is 0 Å². The van der Waals surface area contributed by atoms with Gasteiger partial charge in [-0.1, -0.05) is 6.92 Å². The summed E-state index contributed by atoms with van der Waals surface area (Å²) in [5.41, 5.74) is -1.58. The molecule has 4 nitrogen and oxygen atoms in total. The van der Waals surface area contributed by atoms with Crippen LogP contribution in [0.15, 0.2) is 0 Å². The Morgan fingerprint density at radius 1 is 1.24 bits per heavy atom. The number of rotatable bonds is 2. The summed E-state index contributed by atoms with van der Waals surface area (Å²) < 4.78 is 5.66. The summed E-state index contributed by atoms with van der Waals surface area (Å²) in [6, 6.07) is 0. The highest BCUT2D eigenvalue weighted by atomic mass is 16.6. The molecule has 21 heavy (non-hydrogen) atoms. The molecular weight excluding hydrogens is 268 g/mol. The van der Waals surface area contributed by atoms with Crippen LogP contribution in [0.4, 0.5) is 0 Å². The normalized spacial score (nSPS) is 44.0. The summed E-state index contributed by atoms with van der Waals surface area (Å²) in [5.74, 6) is -0.587. The standard InChI is InChI=1S/C17H30O4/c1-11(18)21-17(5)9-6-8-16(4)10-7-12(15(2,3)20)13(19)14(16)17/h12-14,19-20H,6-10H2,1-5H3/t12-,13+,14-,16-,17-/m1/s1. The highest BCUT2D eigenvalue weighted by Gasteiger charge is 2.59. The van der Waals surface area contributed by atoms with Gasteiger partial charge in [-0.15, -0.1) is 0 Å². The van der Waals surface area contributed by atoms with Crippen LogP contribution in [0.1, 0.15) is 66.7 Å². The van der Waals surface area contributed by atoms with E-state index in [4.69, 9.17) is 4.74 Å². The minimum absolute atomic E-state index is 0.0242. The van der Waals surface area contributed by atoms with Crippen LogP contribution in [0.25, 0.3) is 0 Å². The van der Waals surface area contributed by atoms with Crippen molar-refractivity contribution < 1.29 is 19.7 Å². The summed E-state index contributed by atoms with van der Waals surface area (Å²) in [7, 11) is 0. The molecule has 2 saturated carbocycles. The number of aliphatic hydroxyl groups is 2. The third-order valence-electron chi connectivity index (χ3n) is 5.89. The van der Waals surface area contributed by atoms with E-state index < -0.39 is 17.3 Å². The van der Waals surface area contributed by atoms with Crippen LogP contribution in [0.5, 0.6) is 0 Å². The van der Waals surface area contributed by atoms with Crippen molar-refractivity contribution in [1.29, 1.82) is 0 Å². The van der Waals surface area contributed by atoms with E-state index in [0.717, 1.165) is 32.1 Å². The lowest BCUT2D eigenvalue weighted by Gasteiger charge is -2.58. The zero-order chi connectivity index (χ0) is 16.1. The molecule has 0 bridgehead atoms. The van der Waals surface area contributed by atoms with Gasteiger partial charge in [-0.05, 0) is 58.3 Å². The largest absolute Gasteiger partial charge is 0.459 e. The fourth-order valence-electron chi connectivity index (χ4n) is 5.05. The maximum absolute atomic E-state index is 11.5. The first-order valence-corrected chi connectivity index (χ1v) is 8.10. The zero-order valence-corrected chi connectivity index (χ0v) is 14.0. The lowest BCUT2D eigenvalue weighted by molar-refractivity contribution is -0.218. The Morgan fingerprint density at radius 3 is 2.38 bits per heavy atom. The molecule has 0 aromatic rings. The molecule has 0 saturated heterocycles. The number of ether oxygens (including phenoxy) is 1. The van der Waals surface area contributed by atoms with Gasteiger partial charge in [-0.3, -0.25) is 4.79 Å². The van der Waals surface area contributed by atoms with Crippen molar-refractivity contribution in [1.82, 2.24) is 0 Å². The number of aliphatic hydroxyl groups excluding tert-OH is 1. The average Bonchev–Trinajstić information content (AvgIpc) is 2.24. The predicted octanol–water partition coefficient (Wildman–Crippen LogP) is 2.66. The Bertz CT molecular complexity index is 414. The Balaban J connectivity index is 2.37. The van der Waals surface area contributed by atoms with Gasteiger partial charge in [0.2, 0.25) is 0 Å². The number of hydrogen-bond donors (Lipinski definition) is 2. The SMILES string of the molecule is CC(=O)O[C@]1(C)CCC[C@]2(C)CC[C@@H](C(C)(C)O)[C@H](O)[C@H]21. The first-order valence-electron chi connectivity index (χ1n) is 8.10. The first kappa shape index (κ1) is 16.8. The van der Waals surface area contributed by atoms with Crippen LogP contribution in [-0.4, -0.2) is 33.5 Å². The van der Waals surface area contributed by atoms with E-state index in [1.807, 2.05) is 6.92 Å². The van der Waals surface area contributed by atoms with E-state index in [1.165, 1.54) is 6.92 Å². The van der Waals surface area contributed by atoms with Crippen molar-refractivity contribution in [2.75, 3.05) is 0 Å². The molecule has 0 aliphatic heterocycles. The summed E-state index contributed by atoms with van der Waals surface area (Å²) in [6.45, 7) is 9.10.